The van der Waals surface area contributed by atoms with E-state index in [1.165, 1.54) is 0 Å². The van der Waals surface area contributed by atoms with Gasteiger partial charge in [0, 0.05) is 12.6 Å². The zero-order valence-electron chi connectivity index (χ0n) is 21.7. The molecule has 1 aromatic rings. The van der Waals surface area contributed by atoms with Crippen molar-refractivity contribution in [2.75, 3.05) is 6.54 Å². The molecule has 3 atom stereocenters. The summed E-state index contributed by atoms with van der Waals surface area (Å²) in [5, 5.41) is 5.57. The van der Waals surface area contributed by atoms with Crippen LogP contribution in [0.25, 0.3) is 0 Å². The first-order valence-electron chi connectivity index (χ1n) is 12.1. The first-order chi connectivity index (χ1) is 16.0. The third-order valence-electron chi connectivity index (χ3n) is 5.57. The van der Waals surface area contributed by atoms with E-state index >= 15 is 0 Å². The van der Waals surface area contributed by atoms with Crippen molar-refractivity contribution in [2.24, 2.45) is 5.92 Å². The molecule has 3 amide bonds. The highest BCUT2D eigenvalue weighted by Gasteiger charge is 2.37. The quantitative estimate of drug-likeness (QED) is 0.281. The smallest absolute Gasteiger partial charge is 0.408 e. The molecule has 2 N–H and O–H groups in total. The first-order valence-corrected chi connectivity index (χ1v) is 12.1. The standard InChI is InChI=1S/C27H41N3O4/c1-9-13-18-28-24(31)23(21-16-14-20(11-3)15-17-21)30(12-4)25(32)22(19(5)10-2)29-26(33)34-27(6,7)8/h4,14-17,19,22-23H,9-11,13,18H2,1-3,5-8H3,(H,28,31)(H,29,33). The van der Waals surface area contributed by atoms with Gasteiger partial charge in [0.05, 0.1) is 0 Å². The molecule has 3 unspecified atom stereocenters. The van der Waals surface area contributed by atoms with Crippen LogP contribution < -0.4 is 10.6 Å². The van der Waals surface area contributed by atoms with Gasteiger partial charge in [-0.25, -0.2) is 4.79 Å². The summed E-state index contributed by atoms with van der Waals surface area (Å²) in [6.45, 7) is 13.6. The van der Waals surface area contributed by atoms with Crippen LogP contribution in [-0.4, -0.2) is 41.0 Å². The minimum absolute atomic E-state index is 0.234. The zero-order chi connectivity index (χ0) is 25.9. The average molecular weight is 472 g/mol. The number of carbonyl (C=O) groups excluding carboxylic acids is 3. The van der Waals surface area contributed by atoms with E-state index in [1.54, 1.807) is 20.8 Å². The van der Waals surface area contributed by atoms with Crippen molar-refractivity contribution in [3.8, 4) is 12.5 Å². The Morgan fingerprint density at radius 2 is 1.74 bits per heavy atom. The Balaban J connectivity index is 3.35. The Morgan fingerprint density at radius 1 is 1.12 bits per heavy atom. The summed E-state index contributed by atoms with van der Waals surface area (Å²) in [5.41, 5.74) is 0.996. The molecule has 188 valence electrons. The number of aryl methyl sites for hydroxylation is 1. The van der Waals surface area contributed by atoms with Crippen molar-refractivity contribution < 1.29 is 19.1 Å². The van der Waals surface area contributed by atoms with Crippen molar-refractivity contribution in [1.82, 2.24) is 15.5 Å². The fourth-order valence-electron chi connectivity index (χ4n) is 3.37. The molecule has 0 aliphatic rings. The lowest BCUT2D eigenvalue weighted by Crippen LogP contribution is -2.54. The SMILES string of the molecule is C#CN(C(=O)C(NC(=O)OC(C)(C)C)C(C)CC)C(C(=O)NCCCC)c1ccc(CC)cc1. The van der Waals surface area contributed by atoms with Crippen LogP contribution in [0.15, 0.2) is 24.3 Å². The highest BCUT2D eigenvalue weighted by Crippen LogP contribution is 2.24. The van der Waals surface area contributed by atoms with Gasteiger partial charge in [-0.1, -0.05) is 71.2 Å². The lowest BCUT2D eigenvalue weighted by atomic mass is 9.95. The van der Waals surface area contributed by atoms with Crippen molar-refractivity contribution in [2.45, 2.75) is 91.8 Å². The van der Waals surface area contributed by atoms with Gasteiger partial charge in [-0.2, -0.15) is 0 Å². The van der Waals surface area contributed by atoms with Crippen LogP contribution >= 0.6 is 0 Å². The molecule has 0 aliphatic heterocycles. The first kappa shape index (κ1) is 29.0. The number of terminal acetylenes is 1. The Morgan fingerprint density at radius 3 is 2.21 bits per heavy atom. The Hall–Kier alpha value is -3.01. The summed E-state index contributed by atoms with van der Waals surface area (Å²) in [7, 11) is 0. The van der Waals surface area contributed by atoms with E-state index < -0.39 is 29.7 Å². The van der Waals surface area contributed by atoms with Gasteiger partial charge in [0.2, 0.25) is 5.91 Å². The Kier molecular flexibility index (Phi) is 11.6. The highest BCUT2D eigenvalue weighted by atomic mass is 16.6. The monoisotopic (exact) mass is 471 g/mol. The van der Waals surface area contributed by atoms with E-state index in [9.17, 15) is 14.4 Å². The van der Waals surface area contributed by atoms with Gasteiger partial charge in [-0.15, -0.1) is 0 Å². The number of ether oxygens (including phenoxy) is 1. The minimum Gasteiger partial charge on any atom is -0.444 e. The molecule has 0 saturated carbocycles. The molecule has 1 aromatic carbocycles. The summed E-state index contributed by atoms with van der Waals surface area (Å²) >= 11 is 0. The second kappa shape index (κ2) is 13.6. The molecule has 7 nitrogen and oxygen atoms in total. The van der Waals surface area contributed by atoms with Gasteiger partial charge in [0.15, 0.2) is 0 Å². The van der Waals surface area contributed by atoms with E-state index in [1.807, 2.05) is 52.0 Å². The predicted octanol–water partition coefficient (Wildman–Crippen LogP) is 4.57. The van der Waals surface area contributed by atoms with Gasteiger partial charge in [-0.05, 0) is 50.7 Å². The number of benzene rings is 1. The van der Waals surface area contributed by atoms with Crippen LogP contribution in [0.4, 0.5) is 4.79 Å². The number of hydrogen-bond donors (Lipinski definition) is 2. The molecule has 0 heterocycles. The fraction of sp³-hybridized carbons (Fsp3) is 0.593. The number of alkyl carbamates (subject to hydrolysis) is 1. The van der Waals surface area contributed by atoms with Crippen LogP contribution in [0.1, 0.15) is 84.9 Å². The van der Waals surface area contributed by atoms with Crippen molar-refractivity contribution in [3.63, 3.8) is 0 Å². The maximum atomic E-state index is 13.7. The average Bonchev–Trinajstić information content (AvgIpc) is 2.79. The van der Waals surface area contributed by atoms with E-state index in [0.29, 0.717) is 18.5 Å². The Labute approximate surface area is 205 Å². The number of unbranched alkanes of at least 4 members (excludes halogenated alkanes) is 1. The minimum atomic E-state index is -1.02. The van der Waals surface area contributed by atoms with Crippen LogP contribution in [0.5, 0.6) is 0 Å². The Bertz CT molecular complexity index is 852. The third kappa shape index (κ3) is 8.74. The number of amides is 3. The largest absolute Gasteiger partial charge is 0.444 e. The summed E-state index contributed by atoms with van der Waals surface area (Å²) in [5.74, 6) is -1.12. The second-order valence-electron chi connectivity index (χ2n) is 9.49. The molecule has 1 rings (SSSR count). The van der Waals surface area contributed by atoms with Crippen LogP contribution in [0.3, 0.4) is 0 Å². The fourth-order valence-corrected chi connectivity index (χ4v) is 3.37. The van der Waals surface area contributed by atoms with Gasteiger partial charge < -0.3 is 15.4 Å². The van der Waals surface area contributed by atoms with Gasteiger partial charge in [0.1, 0.15) is 17.7 Å². The molecule has 0 aromatic heterocycles. The highest BCUT2D eigenvalue weighted by molar-refractivity contribution is 5.93. The lowest BCUT2D eigenvalue weighted by molar-refractivity contribution is -0.139. The van der Waals surface area contributed by atoms with Gasteiger partial charge >= 0.3 is 6.09 Å². The second-order valence-corrected chi connectivity index (χ2v) is 9.49. The summed E-state index contributed by atoms with van der Waals surface area (Å²) in [4.78, 5) is 40.5. The maximum absolute atomic E-state index is 13.7. The maximum Gasteiger partial charge on any atom is 0.408 e. The topological polar surface area (TPSA) is 87.7 Å². The van der Waals surface area contributed by atoms with E-state index in [4.69, 9.17) is 11.2 Å². The van der Waals surface area contributed by atoms with Crippen LogP contribution in [0, 0.1) is 18.4 Å². The summed E-state index contributed by atoms with van der Waals surface area (Å²) < 4.78 is 5.36. The van der Waals surface area contributed by atoms with E-state index in [-0.39, 0.29) is 11.8 Å². The van der Waals surface area contributed by atoms with Crippen molar-refractivity contribution >= 4 is 17.9 Å². The number of nitrogens with zero attached hydrogens (tertiary/aromatic N) is 1. The van der Waals surface area contributed by atoms with Crippen LogP contribution in [0.2, 0.25) is 0 Å². The molecule has 0 spiro atoms. The van der Waals surface area contributed by atoms with Crippen LogP contribution in [-0.2, 0) is 20.7 Å². The normalized spacial score (nSPS) is 13.7. The van der Waals surface area contributed by atoms with Crippen molar-refractivity contribution in [3.05, 3.63) is 35.4 Å². The molecule has 7 heteroatoms. The number of rotatable bonds is 11. The summed E-state index contributed by atoms with van der Waals surface area (Å²) in [6, 6.07) is 7.93. The molecule has 0 bridgehead atoms. The molecule has 0 aliphatic carbocycles. The molecule has 0 radical (unpaired) electrons. The third-order valence-corrected chi connectivity index (χ3v) is 5.57. The zero-order valence-corrected chi connectivity index (χ0v) is 21.7. The number of hydrogen-bond acceptors (Lipinski definition) is 4. The number of nitrogens with one attached hydrogen (secondary N) is 2. The molecule has 0 fully saturated rings. The van der Waals surface area contributed by atoms with Gasteiger partial charge in [-0.3, -0.25) is 14.5 Å². The molecular formula is C27H41N3O4. The molecular weight excluding hydrogens is 430 g/mol. The van der Waals surface area contributed by atoms with Crippen molar-refractivity contribution in [1.29, 1.82) is 0 Å². The lowest BCUT2D eigenvalue weighted by Gasteiger charge is -2.32. The van der Waals surface area contributed by atoms with Gasteiger partial charge in [0.25, 0.3) is 5.91 Å². The van der Waals surface area contributed by atoms with E-state index in [2.05, 4.69) is 16.7 Å². The van der Waals surface area contributed by atoms with E-state index in [0.717, 1.165) is 29.7 Å². The molecule has 0 saturated heterocycles. The predicted molar refractivity (Wildman–Crippen MR) is 135 cm³/mol. The summed E-state index contributed by atoms with van der Waals surface area (Å²) in [6.07, 6.45) is 8.29. The molecule has 34 heavy (non-hydrogen) atoms. The number of carbonyl (C=O) groups is 3.